The zero-order valence-corrected chi connectivity index (χ0v) is 39.7. The van der Waals surface area contributed by atoms with Crippen LogP contribution in [-0.2, 0) is 35.1 Å². The lowest BCUT2D eigenvalue weighted by Gasteiger charge is -2.39. The zero-order chi connectivity index (χ0) is 44.8. The van der Waals surface area contributed by atoms with Crippen molar-refractivity contribution in [3.63, 3.8) is 0 Å². The van der Waals surface area contributed by atoms with Gasteiger partial charge in [-0.25, -0.2) is 4.98 Å². The van der Waals surface area contributed by atoms with E-state index in [1.165, 1.54) is 17.8 Å². The first kappa shape index (κ1) is 52.7. The zero-order valence-electron chi connectivity index (χ0n) is 38.9. The highest BCUT2D eigenvalue weighted by molar-refractivity contribution is 7.09. The van der Waals surface area contributed by atoms with Gasteiger partial charge in [-0.15, -0.1) is 11.3 Å². The summed E-state index contributed by atoms with van der Waals surface area (Å²) in [6.45, 7) is 16.3. The minimum atomic E-state index is -0.593. The first-order valence-electron chi connectivity index (χ1n) is 22.2. The molecule has 13 nitrogen and oxygen atoms in total. The third-order valence-electron chi connectivity index (χ3n) is 11.6. The molecule has 1 fully saturated rings. The molecule has 0 bridgehead atoms. The van der Waals surface area contributed by atoms with Gasteiger partial charge in [0.1, 0.15) is 5.01 Å². The van der Waals surface area contributed by atoms with Gasteiger partial charge < -0.3 is 35.2 Å². The third kappa shape index (κ3) is 16.1. The van der Waals surface area contributed by atoms with Gasteiger partial charge in [-0.2, -0.15) is 0 Å². The number of methoxy groups -OCH3 is 2. The Morgan fingerprint density at radius 3 is 2.23 bits per heavy atom. The number of carbonyl (C=O) groups is 4. The molecule has 1 saturated heterocycles. The largest absolute Gasteiger partial charge is 0.379 e. The summed E-state index contributed by atoms with van der Waals surface area (Å²) in [5.41, 5.74) is 1.09. The van der Waals surface area contributed by atoms with Crippen LogP contribution in [0.5, 0.6) is 0 Å². The number of hydrogen-bond donors (Lipinski definition) is 3. The van der Waals surface area contributed by atoms with Crippen LogP contribution in [0.4, 0.5) is 0 Å². The van der Waals surface area contributed by atoms with Crippen molar-refractivity contribution in [2.75, 3.05) is 61.5 Å². The number of likely N-dealkylation sites (N-methyl/N-ethyl adjacent to an activating group) is 2. The monoisotopic (exact) mass is 858 g/mol. The summed E-state index contributed by atoms with van der Waals surface area (Å²) in [4.78, 5) is 65.3. The highest BCUT2D eigenvalue weighted by Crippen LogP contribution is 2.30. The molecule has 1 aromatic heterocycles. The number of benzene rings is 1. The smallest absolute Gasteiger partial charge is 0.242 e. The van der Waals surface area contributed by atoms with Gasteiger partial charge in [0, 0.05) is 39.4 Å². The maximum atomic E-state index is 14.2. The second kappa shape index (κ2) is 28.2. The Morgan fingerprint density at radius 2 is 1.67 bits per heavy atom. The Morgan fingerprint density at radius 1 is 0.983 bits per heavy atom. The van der Waals surface area contributed by atoms with E-state index >= 15 is 0 Å². The molecule has 1 aromatic carbocycles. The van der Waals surface area contributed by atoms with E-state index in [0.29, 0.717) is 19.4 Å². The molecule has 8 unspecified atom stereocenters. The summed E-state index contributed by atoms with van der Waals surface area (Å²) in [5, 5.41) is 12.0. The summed E-state index contributed by atoms with van der Waals surface area (Å²) >= 11 is 1.51. The number of likely N-dealkylation sites (tertiary alicyclic amines) is 1. The van der Waals surface area contributed by atoms with Crippen molar-refractivity contribution in [3.8, 4) is 0 Å². The third-order valence-corrected chi connectivity index (χ3v) is 12.5. The van der Waals surface area contributed by atoms with Crippen LogP contribution < -0.4 is 16.0 Å². The van der Waals surface area contributed by atoms with E-state index in [-0.39, 0.29) is 66.6 Å². The van der Waals surface area contributed by atoms with Gasteiger partial charge in [0.2, 0.25) is 23.6 Å². The van der Waals surface area contributed by atoms with Gasteiger partial charge in [0.15, 0.2) is 0 Å². The molecule has 60 heavy (non-hydrogen) atoms. The van der Waals surface area contributed by atoms with Crippen LogP contribution in [0, 0.1) is 17.8 Å². The fourth-order valence-corrected chi connectivity index (χ4v) is 8.98. The van der Waals surface area contributed by atoms with Gasteiger partial charge in [-0.1, -0.05) is 91.6 Å². The van der Waals surface area contributed by atoms with E-state index < -0.39 is 24.2 Å². The van der Waals surface area contributed by atoms with E-state index in [4.69, 9.17) is 9.47 Å². The van der Waals surface area contributed by atoms with Gasteiger partial charge >= 0.3 is 0 Å². The van der Waals surface area contributed by atoms with Crippen LogP contribution in [0.3, 0.4) is 0 Å². The molecule has 2 heterocycles. The van der Waals surface area contributed by atoms with Crippen molar-refractivity contribution in [1.82, 2.24) is 35.6 Å². The fraction of sp³-hybridized carbons (Fsp3) is 0.717. The summed E-state index contributed by atoms with van der Waals surface area (Å²) in [6.07, 6.45) is 6.75. The SMILES string of the molecule is CCC.CCC(C)C(C(CC(=O)N1CCCC1C(OC)C(C)C(=O)NC(Cc1ccccc1)c1nccs1)OC)N(C)C(=O)CNC(=O)C(C(C)C)N(C)CCCCNC. The normalized spacial score (nSPS) is 17.5. The quantitative estimate of drug-likeness (QED) is 0.103. The highest BCUT2D eigenvalue weighted by atomic mass is 32.1. The van der Waals surface area contributed by atoms with E-state index in [1.54, 1.807) is 32.4 Å². The average molecular weight is 858 g/mol. The second-order valence-electron chi connectivity index (χ2n) is 16.7. The number of thiazole rings is 1. The number of nitrogens with one attached hydrogen (secondary N) is 3. The van der Waals surface area contributed by atoms with E-state index in [2.05, 4.69) is 53.5 Å². The highest BCUT2D eigenvalue weighted by Gasteiger charge is 2.42. The Labute approximate surface area is 366 Å². The molecule has 14 heteroatoms. The standard InChI is InChI=1S/C43H71N7O6S.C3H8/c1-11-30(4)39(49(8)37(52)28-46-42(54)38(29(2)3)48(7)23-16-15-21-44-6)35(55-9)27-36(51)50-24-17-20-34(50)40(56-10)31(5)41(53)47-33(43-45-22-25-57-43)26-32-18-13-12-14-19-32;1-3-2/h12-14,18-19,22,25,29-31,33-35,38-40,44H,11,15-17,20-21,23-24,26-28H2,1-10H3,(H,46,54)(H,47,53);3H2,1-2H3. The van der Waals surface area contributed by atoms with Crippen LogP contribution in [0.15, 0.2) is 41.9 Å². The number of aromatic nitrogens is 1. The number of hydrogen-bond acceptors (Lipinski definition) is 10. The molecule has 0 radical (unpaired) electrons. The molecule has 4 amide bonds. The first-order chi connectivity index (χ1) is 28.7. The predicted molar refractivity (Wildman–Crippen MR) is 243 cm³/mol. The van der Waals surface area contributed by atoms with E-state index in [0.717, 1.165) is 49.3 Å². The number of unbranched alkanes of at least 4 members (excludes halogenated alkanes) is 1. The van der Waals surface area contributed by atoms with Gasteiger partial charge in [-0.05, 0) is 76.7 Å². The molecule has 8 atom stereocenters. The molecule has 0 aliphatic carbocycles. The lowest BCUT2D eigenvalue weighted by molar-refractivity contribution is -0.146. The molecule has 0 saturated carbocycles. The van der Waals surface area contributed by atoms with Gasteiger partial charge in [0.05, 0.1) is 55.3 Å². The Kier molecular flexibility index (Phi) is 24.8. The first-order valence-corrected chi connectivity index (χ1v) is 23.1. The number of rotatable bonds is 25. The van der Waals surface area contributed by atoms with Gasteiger partial charge in [-0.3, -0.25) is 24.1 Å². The van der Waals surface area contributed by atoms with Crippen molar-refractivity contribution in [2.45, 2.75) is 136 Å². The molecular formula is C46H79N7O6S. The summed E-state index contributed by atoms with van der Waals surface area (Å²) in [7, 11) is 8.79. The minimum Gasteiger partial charge on any atom is -0.379 e. The van der Waals surface area contributed by atoms with Crippen LogP contribution in [0.1, 0.15) is 110 Å². The maximum Gasteiger partial charge on any atom is 0.242 e. The van der Waals surface area contributed by atoms with Crippen molar-refractivity contribution in [1.29, 1.82) is 0 Å². The number of nitrogens with zero attached hydrogens (tertiary/aromatic N) is 4. The lowest BCUT2D eigenvalue weighted by Crippen LogP contribution is -2.55. The lowest BCUT2D eigenvalue weighted by atomic mass is 9.90. The summed E-state index contributed by atoms with van der Waals surface area (Å²) in [5.74, 6) is -1.17. The van der Waals surface area contributed by atoms with E-state index in [1.807, 2.05) is 75.5 Å². The number of amides is 4. The predicted octanol–water partition coefficient (Wildman–Crippen LogP) is 5.95. The maximum absolute atomic E-state index is 14.2. The summed E-state index contributed by atoms with van der Waals surface area (Å²) < 4.78 is 12.0. The van der Waals surface area contributed by atoms with Crippen LogP contribution >= 0.6 is 11.3 Å². The topological polar surface area (TPSA) is 145 Å². The summed E-state index contributed by atoms with van der Waals surface area (Å²) in [6, 6.07) is 8.63. The molecule has 2 aromatic rings. The van der Waals surface area contributed by atoms with Gasteiger partial charge in [0.25, 0.3) is 0 Å². The van der Waals surface area contributed by atoms with Crippen molar-refractivity contribution in [2.24, 2.45) is 17.8 Å². The molecule has 1 aliphatic heterocycles. The molecular weight excluding hydrogens is 779 g/mol. The van der Waals surface area contributed by atoms with Crippen molar-refractivity contribution in [3.05, 3.63) is 52.5 Å². The second-order valence-corrected chi connectivity index (χ2v) is 17.6. The fourth-order valence-electron chi connectivity index (χ4n) is 8.29. The molecule has 3 N–H and O–H groups in total. The van der Waals surface area contributed by atoms with Crippen molar-refractivity contribution >= 4 is 35.0 Å². The number of carbonyl (C=O) groups excluding carboxylic acids is 4. The Hall–Kier alpha value is -3.43. The molecule has 3 rings (SSSR count). The van der Waals surface area contributed by atoms with Crippen LogP contribution in [0.25, 0.3) is 0 Å². The average Bonchev–Trinajstić information content (AvgIpc) is 3.95. The van der Waals surface area contributed by atoms with Crippen LogP contribution in [0.2, 0.25) is 0 Å². The number of ether oxygens (including phenoxy) is 2. The Bertz CT molecular complexity index is 1520. The molecule has 1 aliphatic rings. The van der Waals surface area contributed by atoms with Crippen LogP contribution in [-0.4, -0.2) is 135 Å². The molecule has 0 spiro atoms. The molecule has 340 valence electrons. The minimum absolute atomic E-state index is 0.00559. The van der Waals surface area contributed by atoms with Crippen molar-refractivity contribution < 1.29 is 28.7 Å². The Balaban J connectivity index is 0.00000401. The van der Waals surface area contributed by atoms with E-state index in [9.17, 15) is 19.2 Å².